The van der Waals surface area contributed by atoms with Crippen LogP contribution in [0.25, 0.3) is 0 Å². The molecule has 2 unspecified atom stereocenters. The lowest BCUT2D eigenvalue weighted by atomic mass is 9.86. The maximum Gasteiger partial charge on any atom is 0.0721 e. The third-order valence-electron chi connectivity index (χ3n) is 4.81. The predicted molar refractivity (Wildman–Crippen MR) is 67.5 cm³/mol. The molecular weight excluding hydrogens is 198 g/mol. The smallest absolute Gasteiger partial charge is 0.0721 e. The second-order valence-corrected chi connectivity index (χ2v) is 5.94. The minimum Gasteiger partial charge on any atom is -0.391 e. The molecule has 1 saturated carbocycles. The molecule has 2 aliphatic rings. The summed E-state index contributed by atoms with van der Waals surface area (Å²) in [5.74, 6) is 0.939. The average molecular weight is 225 g/mol. The highest BCUT2D eigenvalue weighted by Gasteiger charge is 2.38. The van der Waals surface area contributed by atoms with Gasteiger partial charge < -0.3 is 5.11 Å². The quantitative estimate of drug-likeness (QED) is 0.751. The second kappa shape index (κ2) is 5.05. The van der Waals surface area contributed by atoms with Crippen LogP contribution in [0.1, 0.15) is 58.8 Å². The van der Waals surface area contributed by atoms with Gasteiger partial charge in [-0.15, -0.1) is 0 Å². The molecule has 0 spiro atoms. The van der Waals surface area contributed by atoms with Crippen LogP contribution >= 0.6 is 0 Å². The molecule has 2 rings (SSSR count). The van der Waals surface area contributed by atoms with Crippen LogP contribution in [0.15, 0.2) is 0 Å². The van der Waals surface area contributed by atoms with Crippen molar-refractivity contribution in [2.45, 2.75) is 70.4 Å². The van der Waals surface area contributed by atoms with E-state index < -0.39 is 0 Å². The molecule has 1 saturated heterocycles. The first-order valence-corrected chi connectivity index (χ1v) is 7.10. The van der Waals surface area contributed by atoms with E-state index in [1.165, 1.54) is 45.2 Å². The Bertz CT molecular complexity index is 221. The van der Waals surface area contributed by atoms with E-state index in [0.717, 1.165) is 18.8 Å². The second-order valence-electron chi connectivity index (χ2n) is 5.94. The van der Waals surface area contributed by atoms with Crippen LogP contribution in [0.2, 0.25) is 0 Å². The highest BCUT2D eigenvalue weighted by molar-refractivity contribution is 4.94. The minimum absolute atomic E-state index is 0.0331. The summed E-state index contributed by atoms with van der Waals surface area (Å²) >= 11 is 0. The molecule has 94 valence electrons. The van der Waals surface area contributed by atoms with Crippen LogP contribution in [0, 0.1) is 5.92 Å². The van der Waals surface area contributed by atoms with Gasteiger partial charge in [-0.1, -0.05) is 19.8 Å². The molecule has 1 heterocycles. The Balaban J connectivity index is 1.88. The van der Waals surface area contributed by atoms with Crippen molar-refractivity contribution in [3.63, 3.8) is 0 Å². The van der Waals surface area contributed by atoms with Crippen molar-refractivity contribution < 1.29 is 5.11 Å². The van der Waals surface area contributed by atoms with Crippen molar-refractivity contribution in [2.75, 3.05) is 13.1 Å². The van der Waals surface area contributed by atoms with E-state index in [2.05, 4.69) is 18.7 Å². The van der Waals surface area contributed by atoms with Crippen LogP contribution in [0.5, 0.6) is 0 Å². The molecule has 1 aliphatic carbocycles. The molecule has 1 N–H and O–H groups in total. The Morgan fingerprint density at radius 3 is 2.44 bits per heavy atom. The highest BCUT2D eigenvalue weighted by Crippen LogP contribution is 2.36. The predicted octanol–water partition coefficient (Wildman–Crippen LogP) is 2.80. The van der Waals surface area contributed by atoms with E-state index in [9.17, 15) is 5.11 Å². The fourth-order valence-corrected chi connectivity index (χ4v) is 3.01. The summed E-state index contributed by atoms with van der Waals surface area (Å²) in [6.07, 6.45) is 8.61. The first kappa shape index (κ1) is 12.4. The molecule has 0 radical (unpaired) electrons. The van der Waals surface area contributed by atoms with Gasteiger partial charge in [-0.3, -0.25) is 4.90 Å². The Morgan fingerprint density at radius 1 is 1.31 bits per heavy atom. The minimum atomic E-state index is -0.129. The number of aliphatic hydroxyl groups excluding tert-OH is 1. The first-order chi connectivity index (χ1) is 7.66. The van der Waals surface area contributed by atoms with Crippen molar-refractivity contribution in [3.8, 4) is 0 Å². The summed E-state index contributed by atoms with van der Waals surface area (Å²) in [7, 11) is 0. The number of nitrogens with zero attached hydrogens (tertiary/aromatic N) is 1. The fourth-order valence-electron chi connectivity index (χ4n) is 3.01. The van der Waals surface area contributed by atoms with Gasteiger partial charge in [0, 0.05) is 5.54 Å². The van der Waals surface area contributed by atoms with E-state index in [1.54, 1.807) is 0 Å². The molecule has 0 aromatic rings. The van der Waals surface area contributed by atoms with Gasteiger partial charge in [-0.05, 0) is 58.0 Å². The summed E-state index contributed by atoms with van der Waals surface area (Å²) in [4.78, 5) is 2.52. The standard InChI is InChI=1S/C14H27NO/c1-3-14(2,15-10-4-5-11-15)13(16)9-8-12-6-7-12/h12-13,16H,3-11H2,1-2H3. The summed E-state index contributed by atoms with van der Waals surface area (Å²) in [6.45, 7) is 6.85. The van der Waals surface area contributed by atoms with Gasteiger partial charge in [0.05, 0.1) is 6.10 Å². The summed E-state index contributed by atoms with van der Waals surface area (Å²) in [5, 5.41) is 10.5. The van der Waals surface area contributed by atoms with E-state index in [0.29, 0.717) is 0 Å². The van der Waals surface area contributed by atoms with Crippen molar-refractivity contribution >= 4 is 0 Å². The van der Waals surface area contributed by atoms with E-state index >= 15 is 0 Å². The Morgan fingerprint density at radius 2 is 1.94 bits per heavy atom. The lowest BCUT2D eigenvalue weighted by Crippen LogP contribution is -2.53. The van der Waals surface area contributed by atoms with Gasteiger partial charge in [-0.2, -0.15) is 0 Å². The molecule has 2 nitrogen and oxygen atoms in total. The third kappa shape index (κ3) is 2.60. The third-order valence-corrected chi connectivity index (χ3v) is 4.81. The fraction of sp³-hybridized carbons (Fsp3) is 1.00. The van der Waals surface area contributed by atoms with Crippen molar-refractivity contribution in [1.82, 2.24) is 4.90 Å². The van der Waals surface area contributed by atoms with Gasteiger partial charge in [0.25, 0.3) is 0 Å². The Labute approximate surface area is 100 Å². The first-order valence-electron chi connectivity index (χ1n) is 7.10. The number of rotatable bonds is 6. The van der Waals surface area contributed by atoms with E-state index in [4.69, 9.17) is 0 Å². The zero-order valence-electron chi connectivity index (χ0n) is 10.9. The lowest BCUT2D eigenvalue weighted by Gasteiger charge is -2.42. The Kier molecular flexibility index (Phi) is 3.91. The normalized spacial score (nSPS) is 27.9. The monoisotopic (exact) mass is 225 g/mol. The molecule has 2 atom stereocenters. The molecule has 0 aromatic carbocycles. The highest BCUT2D eigenvalue weighted by atomic mass is 16.3. The summed E-state index contributed by atoms with van der Waals surface area (Å²) < 4.78 is 0. The number of hydrogen-bond donors (Lipinski definition) is 1. The molecule has 0 amide bonds. The molecule has 1 aliphatic heterocycles. The average Bonchev–Trinajstić information content (AvgIpc) is 2.96. The number of hydrogen-bond acceptors (Lipinski definition) is 2. The van der Waals surface area contributed by atoms with Crippen LogP contribution in [0.4, 0.5) is 0 Å². The zero-order valence-corrected chi connectivity index (χ0v) is 10.9. The van der Waals surface area contributed by atoms with Crippen molar-refractivity contribution in [3.05, 3.63) is 0 Å². The van der Waals surface area contributed by atoms with Crippen LogP contribution < -0.4 is 0 Å². The van der Waals surface area contributed by atoms with Gasteiger partial charge in [-0.25, -0.2) is 0 Å². The van der Waals surface area contributed by atoms with Crippen LogP contribution in [-0.4, -0.2) is 34.7 Å². The summed E-state index contributed by atoms with van der Waals surface area (Å²) in [5.41, 5.74) is 0.0331. The van der Waals surface area contributed by atoms with Crippen molar-refractivity contribution in [2.24, 2.45) is 5.92 Å². The molecule has 16 heavy (non-hydrogen) atoms. The van der Waals surface area contributed by atoms with Crippen molar-refractivity contribution in [1.29, 1.82) is 0 Å². The SMILES string of the molecule is CCC(C)(C(O)CCC1CC1)N1CCCC1. The molecule has 2 fully saturated rings. The van der Waals surface area contributed by atoms with Crippen LogP contribution in [-0.2, 0) is 0 Å². The maximum absolute atomic E-state index is 10.5. The van der Waals surface area contributed by atoms with Gasteiger partial charge >= 0.3 is 0 Å². The maximum atomic E-state index is 10.5. The van der Waals surface area contributed by atoms with E-state index in [-0.39, 0.29) is 11.6 Å². The lowest BCUT2D eigenvalue weighted by molar-refractivity contribution is -0.0182. The largest absolute Gasteiger partial charge is 0.391 e. The van der Waals surface area contributed by atoms with Gasteiger partial charge in [0.1, 0.15) is 0 Å². The Hall–Kier alpha value is -0.0800. The van der Waals surface area contributed by atoms with Crippen LogP contribution in [0.3, 0.4) is 0 Å². The molecule has 0 bridgehead atoms. The summed E-state index contributed by atoms with van der Waals surface area (Å²) in [6, 6.07) is 0. The number of likely N-dealkylation sites (tertiary alicyclic amines) is 1. The molecule has 2 heteroatoms. The van der Waals surface area contributed by atoms with E-state index in [1.807, 2.05) is 0 Å². The van der Waals surface area contributed by atoms with Gasteiger partial charge in [0.2, 0.25) is 0 Å². The molecule has 0 aromatic heterocycles. The topological polar surface area (TPSA) is 23.5 Å². The number of aliphatic hydroxyl groups is 1. The molecular formula is C14H27NO. The van der Waals surface area contributed by atoms with Gasteiger partial charge in [0.15, 0.2) is 0 Å². The zero-order chi connectivity index (χ0) is 11.6.